The van der Waals surface area contributed by atoms with Gasteiger partial charge in [0.15, 0.2) is 0 Å². The zero-order chi connectivity index (χ0) is 19.2. The molecule has 0 spiro atoms. The molecule has 0 radical (unpaired) electrons. The van der Waals surface area contributed by atoms with Gasteiger partial charge in [0.25, 0.3) is 5.91 Å². The van der Waals surface area contributed by atoms with Crippen molar-refractivity contribution in [2.45, 2.75) is 38.6 Å². The predicted octanol–water partition coefficient (Wildman–Crippen LogP) is 4.27. The summed E-state index contributed by atoms with van der Waals surface area (Å²) in [4.78, 5) is 15.4. The van der Waals surface area contributed by atoms with Gasteiger partial charge in [-0.1, -0.05) is 25.5 Å². The molecule has 1 unspecified atom stereocenters. The van der Waals surface area contributed by atoms with Gasteiger partial charge >= 0.3 is 0 Å². The van der Waals surface area contributed by atoms with E-state index < -0.39 is 0 Å². The van der Waals surface area contributed by atoms with Crippen molar-refractivity contribution in [1.29, 1.82) is 0 Å². The van der Waals surface area contributed by atoms with Gasteiger partial charge < -0.3 is 14.8 Å². The standard InChI is InChI=1S/C22H30N2O3.ClH/c1-4-5-13-24-14-7-8-16(24)15-23-22(25)19-12-11-17-18(21(19)27-3)9-6-10-20(17)26-2;/h6,9-12,16H,4-5,7-8,13-15H2,1-3H3,(H,23,25);1H. The van der Waals surface area contributed by atoms with E-state index in [1.54, 1.807) is 14.2 Å². The van der Waals surface area contributed by atoms with Gasteiger partial charge in [-0.05, 0) is 50.6 Å². The van der Waals surface area contributed by atoms with Crippen LogP contribution >= 0.6 is 12.4 Å². The number of carbonyl (C=O) groups is 1. The molecule has 6 heteroatoms. The molecular formula is C22H31ClN2O3. The number of amides is 1. The van der Waals surface area contributed by atoms with Crippen LogP contribution in [0, 0.1) is 0 Å². The molecule has 1 aliphatic rings. The Morgan fingerprint density at radius 1 is 1.18 bits per heavy atom. The molecule has 1 fully saturated rings. The fraction of sp³-hybridized carbons (Fsp3) is 0.500. The minimum Gasteiger partial charge on any atom is -0.496 e. The average molecular weight is 407 g/mol. The second-order valence-corrected chi connectivity index (χ2v) is 7.10. The Morgan fingerprint density at radius 3 is 2.71 bits per heavy atom. The first kappa shape index (κ1) is 22.3. The van der Waals surface area contributed by atoms with Crippen LogP contribution < -0.4 is 14.8 Å². The van der Waals surface area contributed by atoms with Crippen LogP contribution in [0.5, 0.6) is 11.5 Å². The molecule has 1 heterocycles. The number of carbonyl (C=O) groups excluding carboxylic acids is 1. The van der Waals surface area contributed by atoms with Crippen LogP contribution in [-0.4, -0.2) is 50.7 Å². The number of nitrogens with zero attached hydrogens (tertiary/aromatic N) is 1. The number of unbranched alkanes of at least 4 members (excludes halogenated alkanes) is 1. The van der Waals surface area contributed by atoms with E-state index >= 15 is 0 Å². The Morgan fingerprint density at radius 2 is 2.00 bits per heavy atom. The van der Waals surface area contributed by atoms with E-state index in [0.717, 1.165) is 36.0 Å². The summed E-state index contributed by atoms with van der Waals surface area (Å²) in [6, 6.07) is 9.96. The fourth-order valence-electron chi connectivity index (χ4n) is 3.97. The van der Waals surface area contributed by atoms with E-state index in [4.69, 9.17) is 9.47 Å². The Labute approximate surface area is 173 Å². The van der Waals surface area contributed by atoms with Gasteiger partial charge in [-0.15, -0.1) is 12.4 Å². The number of nitrogens with one attached hydrogen (secondary N) is 1. The van der Waals surface area contributed by atoms with Crippen LogP contribution in [-0.2, 0) is 0 Å². The van der Waals surface area contributed by atoms with Crippen molar-refractivity contribution >= 4 is 29.1 Å². The quantitative estimate of drug-likeness (QED) is 0.711. The predicted molar refractivity (Wildman–Crippen MR) is 116 cm³/mol. The van der Waals surface area contributed by atoms with Crippen molar-refractivity contribution in [2.75, 3.05) is 33.9 Å². The van der Waals surface area contributed by atoms with Crippen molar-refractivity contribution in [3.63, 3.8) is 0 Å². The lowest BCUT2D eigenvalue weighted by atomic mass is 10.0. The molecule has 0 saturated carbocycles. The van der Waals surface area contributed by atoms with Gasteiger partial charge in [0.1, 0.15) is 11.5 Å². The van der Waals surface area contributed by atoms with Crippen LogP contribution in [0.1, 0.15) is 43.0 Å². The highest BCUT2D eigenvalue weighted by Crippen LogP contribution is 2.34. The minimum absolute atomic E-state index is 0. The Bertz CT molecular complexity index is 797. The van der Waals surface area contributed by atoms with Crippen LogP contribution in [0.25, 0.3) is 10.8 Å². The highest BCUT2D eigenvalue weighted by atomic mass is 35.5. The van der Waals surface area contributed by atoms with E-state index in [9.17, 15) is 4.79 Å². The smallest absolute Gasteiger partial charge is 0.255 e. The first-order valence-electron chi connectivity index (χ1n) is 9.85. The molecule has 0 aliphatic carbocycles. The zero-order valence-corrected chi connectivity index (χ0v) is 17.8. The highest BCUT2D eigenvalue weighted by molar-refractivity contribution is 6.05. The number of halogens is 1. The summed E-state index contributed by atoms with van der Waals surface area (Å²) >= 11 is 0. The number of methoxy groups -OCH3 is 2. The van der Waals surface area contributed by atoms with Crippen molar-refractivity contribution in [2.24, 2.45) is 0 Å². The molecule has 2 aromatic carbocycles. The summed E-state index contributed by atoms with van der Waals surface area (Å²) in [6.45, 7) is 5.16. The summed E-state index contributed by atoms with van der Waals surface area (Å²) < 4.78 is 11.0. The lowest BCUT2D eigenvalue weighted by Gasteiger charge is -2.24. The maximum absolute atomic E-state index is 12.9. The van der Waals surface area contributed by atoms with E-state index in [2.05, 4.69) is 17.1 Å². The van der Waals surface area contributed by atoms with Gasteiger partial charge in [0.05, 0.1) is 19.8 Å². The maximum atomic E-state index is 12.9. The van der Waals surface area contributed by atoms with Crippen LogP contribution in [0.15, 0.2) is 30.3 Å². The van der Waals surface area contributed by atoms with E-state index in [0.29, 0.717) is 23.9 Å². The average Bonchev–Trinajstić information content (AvgIpc) is 3.16. The Hall–Kier alpha value is -1.98. The molecule has 1 saturated heterocycles. The molecule has 1 N–H and O–H groups in total. The number of likely N-dealkylation sites (tertiary alicyclic amines) is 1. The topological polar surface area (TPSA) is 50.8 Å². The number of hydrogen-bond donors (Lipinski definition) is 1. The normalized spacial score (nSPS) is 16.6. The lowest BCUT2D eigenvalue weighted by Crippen LogP contribution is -2.40. The van der Waals surface area contributed by atoms with Gasteiger partial charge in [-0.2, -0.15) is 0 Å². The van der Waals surface area contributed by atoms with Gasteiger partial charge in [-0.25, -0.2) is 0 Å². The van der Waals surface area contributed by atoms with E-state index in [1.807, 2.05) is 30.3 Å². The molecule has 0 aromatic heterocycles. The van der Waals surface area contributed by atoms with Crippen LogP contribution in [0.2, 0.25) is 0 Å². The van der Waals surface area contributed by atoms with Gasteiger partial charge in [0, 0.05) is 23.4 Å². The van der Waals surface area contributed by atoms with Crippen molar-refractivity contribution in [3.8, 4) is 11.5 Å². The minimum atomic E-state index is -0.0843. The van der Waals surface area contributed by atoms with Crippen LogP contribution in [0.3, 0.4) is 0 Å². The van der Waals surface area contributed by atoms with Crippen molar-refractivity contribution in [1.82, 2.24) is 10.2 Å². The largest absolute Gasteiger partial charge is 0.496 e. The summed E-state index contributed by atoms with van der Waals surface area (Å²) in [5.41, 5.74) is 0.566. The van der Waals surface area contributed by atoms with Gasteiger partial charge in [-0.3, -0.25) is 9.69 Å². The highest BCUT2D eigenvalue weighted by Gasteiger charge is 2.25. The molecular weight excluding hydrogens is 376 g/mol. The lowest BCUT2D eigenvalue weighted by molar-refractivity contribution is 0.0937. The molecule has 1 amide bonds. The fourth-order valence-corrected chi connectivity index (χ4v) is 3.97. The SMILES string of the molecule is CCCCN1CCCC1CNC(=O)c1ccc2c(OC)cccc2c1OC.Cl. The monoisotopic (exact) mass is 406 g/mol. The van der Waals surface area contributed by atoms with Gasteiger partial charge in [0.2, 0.25) is 0 Å². The Balaban J connectivity index is 0.00000280. The molecule has 154 valence electrons. The summed E-state index contributed by atoms with van der Waals surface area (Å²) in [6.07, 6.45) is 4.78. The van der Waals surface area contributed by atoms with Crippen LogP contribution in [0.4, 0.5) is 0 Å². The first-order valence-corrected chi connectivity index (χ1v) is 9.85. The molecule has 3 rings (SSSR count). The third-order valence-electron chi connectivity index (χ3n) is 5.44. The third-order valence-corrected chi connectivity index (χ3v) is 5.44. The first-order chi connectivity index (χ1) is 13.2. The number of fused-ring (bicyclic) bond motifs is 1. The summed E-state index contributed by atoms with van der Waals surface area (Å²) in [7, 11) is 3.25. The van der Waals surface area contributed by atoms with E-state index in [1.165, 1.54) is 19.3 Å². The zero-order valence-electron chi connectivity index (χ0n) is 17.0. The molecule has 5 nitrogen and oxygen atoms in total. The van der Waals surface area contributed by atoms with Crippen molar-refractivity contribution < 1.29 is 14.3 Å². The number of rotatable bonds is 8. The second-order valence-electron chi connectivity index (χ2n) is 7.10. The maximum Gasteiger partial charge on any atom is 0.255 e. The summed E-state index contributed by atoms with van der Waals surface area (Å²) in [5.74, 6) is 1.28. The summed E-state index contributed by atoms with van der Waals surface area (Å²) in [5, 5.41) is 4.95. The van der Waals surface area contributed by atoms with E-state index in [-0.39, 0.29) is 18.3 Å². The number of ether oxygens (including phenoxy) is 2. The second kappa shape index (κ2) is 10.5. The molecule has 2 aromatic rings. The Kier molecular flexibility index (Phi) is 8.39. The molecule has 28 heavy (non-hydrogen) atoms. The number of hydrogen-bond acceptors (Lipinski definition) is 4. The molecule has 1 atom stereocenters. The molecule has 1 aliphatic heterocycles. The third kappa shape index (κ3) is 4.70. The number of benzene rings is 2. The van der Waals surface area contributed by atoms with Crippen molar-refractivity contribution in [3.05, 3.63) is 35.9 Å². The molecule has 0 bridgehead atoms.